The number of amides is 1. The van der Waals surface area contributed by atoms with Crippen molar-refractivity contribution in [3.05, 3.63) is 65.2 Å². The summed E-state index contributed by atoms with van der Waals surface area (Å²) in [5.41, 5.74) is 5.12. The predicted octanol–water partition coefficient (Wildman–Crippen LogP) is 3.83. The number of imidazole rings is 1. The minimum absolute atomic E-state index is 0.209. The maximum atomic E-state index is 12.0. The summed E-state index contributed by atoms with van der Waals surface area (Å²) < 4.78 is 0. The molecule has 2 aromatic carbocycles. The van der Waals surface area contributed by atoms with Gasteiger partial charge in [-0.15, -0.1) is 0 Å². The molecule has 0 aliphatic rings. The molecule has 4 heteroatoms. The Bertz CT molecular complexity index is 829. The molecule has 1 heterocycles. The first-order valence-corrected chi connectivity index (χ1v) is 7.13. The van der Waals surface area contributed by atoms with E-state index in [0.29, 0.717) is 5.95 Å². The largest absolute Gasteiger partial charge is 0.324 e. The van der Waals surface area contributed by atoms with Gasteiger partial charge >= 0.3 is 0 Å². The Labute approximate surface area is 128 Å². The van der Waals surface area contributed by atoms with E-state index >= 15 is 0 Å². The molecule has 0 bridgehead atoms. The van der Waals surface area contributed by atoms with Crippen LogP contribution >= 0.6 is 0 Å². The summed E-state index contributed by atoms with van der Waals surface area (Å²) >= 11 is 0. The number of nitrogens with zero attached hydrogens (tertiary/aromatic N) is 1. The predicted molar refractivity (Wildman–Crippen MR) is 89.7 cm³/mol. The SMILES string of the molecule is Cc1ccc(/C=C/C(=O)Nc2nc3ccccc3[nH]2)c(C)c1. The monoisotopic (exact) mass is 291 g/mol. The van der Waals surface area contributed by atoms with Gasteiger partial charge in [0, 0.05) is 6.08 Å². The normalized spacial score (nSPS) is 11.2. The third-order valence-corrected chi connectivity index (χ3v) is 3.47. The number of hydrogen-bond acceptors (Lipinski definition) is 2. The maximum Gasteiger partial charge on any atom is 0.250 e. The fraction of sp³-hybridized carbons (Fsp3) is 0.111. The first-order chi connectivity index (χ1) is 10.6. The molecule has 0 saturated heterocycles. The van der Waals surface area contributed by atoms with Gasteiger partial charge in [0.15, 0.2) is 0 Å². The van der Waals surface area contributed by atoms with E-state index in [4.69, 9.17) is 0 Å². The van der Waals surface area contributed by atoms with Crippen LogP contribution in [0, 0.1) is 13.8 Å². The van der Waals surface area contributed by atoms with Crippen LogP contribution in [0.25, 0.3) is 17.1 Å². The third-order valence-electron chi connectivity index (χ3n) is 3.47. The zero-order valence-electron chi connectivity index (χ0n) is 12.6. The molecular formula is C18H17N3O. The molecule has 3 aromatic rings. The fourth-order valence-electron chi connectivity index (χ4n) is 2.35. The second-order valence-corrected chi connectivity index (χ2v) is 5.29. The first kappa shape index (κ1) is 14.1. The first-order valence-electron chi connectivity index (χ1n) is 7.13. The number of benzene rings is 2. The summed E-state index contributed by atoms with van der Waals surface area (Å²) in [4.78, 5) is 19.4. The number of fused-ring (bicyclic) bond motifs is 1. The van der Waals surface area contributed by atoms with Gasteiger partial charge in [0.05, 0.1) is 11.0 Å². The van der Waals surface area contributed by atoms with Gasteiger partial charge in [-0.3, -0.25) is 10.1 Å². The van der Waals surface area contributed by atoms with Crippen molar-refractivity contribution in [1.82, 2.24) is 9.97 Å². The molecule has 2 N–H and O–H groups in total. The lowest BCUT2D eigenvalue weighted by atomic mass is 10.1. The van der Waals surface area contributed by atoms with Crippen LogP contribution in [0.15, 0.2) is 48.5 Å². The van der Waals surface area contributed by atoms with Crippen LogP contribution in [0.1, 0.15) is 16.7 Å². The summed E-state index contributed by atoms with van der Waals surface area (Å²) in [5, 5.41) is 2.74. The number of aromatic nitrogens is 2. The topological polar surface area (TPSA) is 57.8 Å². The number of nitrogens with one attached hydrogen (secondary N) is 2. The quantitative estimate of drug-likeness (QED) is 0.720. The fourth-order valence-corrected chi connectivity index (χ4v) is 2.35. The minimum Gasteiger partial charge on any atom is -0.324 e. The summed E-state index contributed by atoms with van der Waals surface area (Å²) in [6.07, 6.45) is 3.33. The smallest absolute Gasteiger partial charge is 0.250 e. The van der Waals surface area contributed by atoms with Gasteiger partial charge in [-0.1, -0.05) is 35.9 Å². The van der Waals surface area contributed by atoms with Crippen molar-refractivity contribution in [1.29, 1.82) is 0 Å². The highest BCUT2D eigenvalue weighted by Crippen LogP contribution is 2.14. The zero-order chi connectivity index (χ0) is 15.5. The van der Waals surface area contributed by atoms with Crippen molar-refractivity contribution in [2.75, 3.05) is 5.32 Å². The average Bonchev–Trinajstić information content (AvgIpc) is 2.88. The van der Waals surface area contributed by atoms with Crippen LogP contribution < -0.4 is 5.32 Å². The number of rotatable bonds is 3. The number of aryl methyl sites for hydroxylation is 2. The number of hydrogen-bond donors (Lipinski definition) is 2. The Morgan fingerprint density at radius 2 is 2.00 bits per heavy atom. The molecule has 0 aliphatic heterocycles. The highest BCUT2D eigenvalue weighted by Gasteiger charge is 2.04. The van der Waals surface area contributed by atoms with Crippen molar-refractivity contribution < 1.29 is 4.79 Å². The Kier molecular flexibility index (Phi) is 3.74. The highest BCUT2D eigenvalue weighted by atomic mass is 16.1. The number of carbonyl (C=O) groups excluding carboxylic acids is 1. The number of para-hydroxylation sites is 2. The average molecular weight is 291 g/mol. The summed E-state index contributed by atoms with van der Waals surface area (Å²) in [6, 6.07) is 13.8. The van der Waals surface area contributed by atoms with Crippen molar-refractivity contribution >= 4 is 29.0 Å². The summed E-state index contributed by atoms with van der Waals surface area (Å²) in [5.74, 6) is 0.246. The lowest BCUT2D eigenvalue weighted by molar-refractivity contribution is -0.111. The number of H-pyrrole nitrogens is 1. The Morgan fingerprint density at radius 1 is 1.18 bits per heavy atom. The van der Waals surface area contributed by atoms with E-state index in [1.165, 1.54) is 11.6 Å². The van der Waals surface area contributed by atoms with Gasteiger partial charge in [0.25, 0.3) is 5.91 Å². The van der Waals surface area contributed by atoms with E-state index in [1.54, 1.807) is 0 Å². The van der Waals surface area contributed by atoms with Gasteiger partial charge in [0.2, 0.25) is 5.95 Å². The van der Waals surface area contributed by atoms with Crippen molar-refractivity contribution in [2.24, 2.45) is 0 Å². The van der Waals surface area contributed by atoms with Gasteiger partial charge in [-0.25, -0.2) is 4.98 Å². The molecule has 1 aromatic heterocycles. The van der Waals surface area contributed by atoms with Crippen molar-refractivity contribution in [3.63, 3.8) is 0 Å². The lowest BCUT2D eigenvalue weighted by Crippen LogP contribution is -2.08. The van der Waals surface area contributed by atoms with Gasteiger partial charge < -0.3 is 4.98 Å². The van der Waals surface area contributed by atoms with Gasteiger partial charge in [-0.2, -0.15) is 0 Å². The molecule has 0 saturated carbocycles. The Morgan fingerprint density at radius 3 is 2.77 bits per heavy atom. The second kappa shape index (κ2) is 5.85. The Hall–Kier alpha value is -2.88. The van der Waals surface area contributed by atoms with E-state index in [2.05, 4.69) is 28.3 Å². The van der Waals surface area contributed by atoms with Gasteiger partial charge in [-0.05, 0) is 43.2 Å². The molecule has 0 aliphatic carbocycles. The van der Waals surface area contributed by atoms with Crippen molar-refractivity contribution in [2.45, 2.75) is 13.8 Å². The van der Waals surface area contributed by atoms with Crippen LogP contribution in [-0.4, -0.2) is 15.9 Å². The van der Waals surface area contributed by atoms with E-state index < -0.39 is 0 Å². The van der Waals surface area contributed by atoms with Gasteiger partial charge in [0.1, 0.15) is 0 Å². The third kappa shape index (κ3) is 3.06. The highest BCUT2D eigenvalue weighted by molar-refractivity contribution is 6.01. The van der Waals surface area contributed by atoms with Crippen LogP contribution in [0.3, 0.4) is 0 Å². The number of carbonyl (C=O) groups is 1. The lowest BCUT2D eigenvalue weighted by Gasteiger charge is -2.01. The molecule has 0 fully saturated rings. The minimum atomic E-state index is -0.209. The molecule has 4 nitrogen and oxygen atoms in total. The summed E-state index contributed by atoms with van der Waals surface area (Å²) in [6.45, 7) is 4.08. The standard InChI is InChI=1S/C18H17N3O/c1-12-7-8-14(13(2)11-12)9-10-17(22)21-18-19-15-5-3-4-6-16(15)20-18/h3-11H,1-2H3,(H2,19,20,21,22)/b10-9+. The molecule has 3 rings (SSSR count). The van der Waals surface area contributed by atoms with E-state index in [9.17, 15) is 4.79 Å². The maximum absolute atomic E-state index is 12.0. The second-order valence-electron chi connectivity index (χ2n) is 5.29. The molecule has 110 valence electrons. The van der Waals surface area contributed by atoms with E-state index in [1.807, 2.05) is 49.4 Å². The summed E-state index contributed by atoms with van der Waals surface area (Å²) in [7, 11) is 0. The molecule has 0 unspecified atom stereocenters. The Balaban J connectivity index is 1.73. The van der Waals surface area contributed by atoms with Crippen LogP contribution in [0.4, 0.5) is 5.95 Å². The van der Waals surface area contributed by atoms with Crippen LogP contribution in [0.2, 0.25) is 0 Å². The molecule has 1 amide bonds. The molecular weight excluding hydrogens is 274 g/mol. The number of aromatic amines is 1. The molecule has 0 spiro atoms. The number of anilines is 1. The molecule has 0 radical (unpaired) electrons. The van der Waals surface area contributed by atoms with Crippen LogP contribution in [-0.2, 0) is 4.79 Å². The van der Waals surface area contributed by atoms with E-state index in [-0.39, 0.29) is 5.91 Å². The van der Waals surface area contributed by atoms with E-state index in [0.717, 1.165) is 22.2 Å². The molecule has 0 atom stereocenters. The zero-order valence-corrected chi connectivity index (χ0v) is 12.6. The van der Waals surface area contributed by atoms with Crippen molar-refractivity contribution in [3.8, 4) is 0 Å². The van der Waals surface area contributed by atoms with Crippen LogP contribution in [0.5, 0.6) is 0 Å². The molecule has 22 heavy (non-hydrogen) atoms.